The Hall–Kier alpha value is -0.770. The molecule has 1 heterocycles. The fourth-order valence-corrected chi connectivity index (χ4v) is 1.97. The molecule has 2 aromatic rings. The van der Waals surface area contributed by atoms with E-state index in [0.29, 0.717) is 16.5 Å². The van der Waals surface area contributed by atoms with E-state index in [-0.39, 0.29) is 5.41 Å². The number of aromatic nitrogens is 2. The van der Waals surface area contributed by atoms with E-state index < -0.39 is 6.10 Å². The Balaban J connectivity index is 2.31. The summed E-state index contributed by atoms with van der Waals surface area (Å²) < 4.78 is 0. The van der Waals surface area contributed by atoms with E-state index in [2.05, 4.69) is 9.97 Å². The first-order chi connectivity index (χ1) is 8.27. The van der Waals surface area contributed by atoms with Crippen LogP contribution in [-0.2, 0) is 6.42 Å². The molecule has 0 aliphatic heterocycles. The van der Waals surface area contributed by atoms with Crippen LogP contribution in [0.15, 0.2) is 12.1 Å². The largest absolute Gasteiger partial charge is 0.392 e. The Labute approximate surface area is 116 Å². The molecule has 1 aromatic carbocycles. The minimum absolute atomic E-state index is 0.172. The summed E-state index contributed by atoms with van der Waals surface area (Å²) >= 11 is 11.9. The molecule has 0 spiro atoms. The van der Waals surface area contributed by atoms with Gasteiger partial charge in [-0.25, -0.2) is 4.98 Å². The van der Waals surface area contributed by atoms with Crippen molar-refractivity contribution in [3.05, 3.63) is 28.0 Å². The van der Waals surface area contributed by atoms with Crippen molar-refractivity contribution >= 4 is 34.2 Å². The van der Waals surface area contributed by atoms with Crippen LogP contribution in [0.2, 0.25) is 10.0 Å². The Morgan fingerprint density at radius 1 is 1.28 bits per heavy atom. The molecule has 1 aromatic heterocycles. The summed E-state index contributed by atoms with van der Waals surface area (Å²) in [5.41, 5.74) is 1.43. The first kappa shape index (κ1) is 13.7. The van der Waals surface area contributed by atoms with Crippen molar-refractivity contribution in [2.24, 2.45) is 5.41 Å². The highest BCUT2D eigenvalue weighted by molar-refractivity contribution is 6.42. The normalized spacial score (nSPS) is 14.1. The molecular formula is C13H16Cl2N2O. The molecule has 0 unspecified atom stereocenters. The average molecular weight is 287 g/mol. The van der Waals surface area contributed by atoms with Crippen LogP contribution < -0.4 is 0 Å². The van der Waals surface area contributed by atoms with Gasteiger partial charge in [-0.3, -0.25) is 0 Å². The van der Waals surface area contributed by atoms with Crippen LogP contribution in [-0.4, -0.2) is 21.2 Å². The van der Waals surface area contributed by atoms with Crippen molar-refractivity contribution in [2.75, 3.05) is 0 Å². The van der Waals surface area contributed by atoms with E-state index in [0.717, 1.165) is 16.9 Å². The second-order valence-electron chi connectivity index (χ2n) is 5.55. The van der Waals surface area contributed by atoms with E-state index in [1.165, 1.54) is 0 Å². The van der Waals surface area contributed by atoms with Crippen molar-refractivity contribution in [3.8, 4) is 0 Å². The van der Waals surface area contributed by atoms with Gasteiger partial charge in [-0.15, -0.1) is 0 Å². The van der Waals surface area contributed by atoms with Gasteiger partial charge in [0.15, 0.2) is 0 Å². The topological polar surface area (TPSA) is 48.9 Å². The predicted octanol–water partition coefficient (Wildman–Crippen LogP) is 3.82. The number of benzene rings is 1. The molecule has 3 nitrogen and oxygen atoms in total. The molecular weight excluding hydrogens is 271 g/mol. The lowest BCUT2D eigenvalue weighted by Crippen LogP contribution is -2.28. The summed E-state index contributed by atoms with van der Waals surface area (Å²) in [7, 11) is 0. The lowest BCUT2D eigenvalue weighted by Gasteiger charge is -2.24. The molecule has 0 saturated carbocycles. The van der Waals surface area contributed by atoms with Crippen molar-refractivity contribution < 1.29 is 5.11 Å². The van der Waals surface area contributed by atoms with Crippen molar-refractivity contribution in [1.29, 1.82) is 0 Å². The van der Waals surface area contributed by atoms with Gasteiger partial charge in [0.25, 0.3) is 0 Å². The van der Waals surface area contributed by atoms with E-state index in [1.807, 2.05) is 20.8 Å². The first-order valence-corrected chi connectivity index (χ1v) is 6.54. The standard InChI is InChI=1S/C13H16Cl2N2O/c1-13(2,3)11(18)6-12-16-9-4-7(14)8(15)5-10(9)17-12/h4-5,11,18H,6H2,1-3H3,(H,16,17)/t11-/m0/s1. The molecule has 2 N–H and O–H groups in total. The smallest absolute Gasteiger partial charge is 0.109 e. The van der Waals surface area contributed by atoms with Gasteiger partial charge < -0.3 is 10.1 Å². The number of fused-ring (bicyclic) bond motifs is 1. The molecule has 0 saturated heterocycles. The summed E-state index contributed by atoms with van der Waals surface area (Å²) in [6, 6.07) is 3.47. The predicted molar refractivity (Wildman–Crippen MR) is 75.3 cm³/mol. The highest BCUT2D eigenvalue weighted by atomic mass is 35.5. The third-order valence-corrected chi connectivity index (χ3v) is 3.68. The van der Waals surface area contributed by atoms with Gasteiger partial charge in [-0.2, -0.15) is 0 Å². The molecule has 5 heteroatoms. The zero-order valence-electron chi connectivity index (χ0n) is 10.6. The summed E-state index contributed by atoms with van der Waals surface area (Å²) in [4.78, 5) is 7.56. The Bertz CT molecular complexity index is 533. The van der Waals surface area contributed by atoms with Gasteiger partial charge in [0, 0.05) is 6.42 Å². The number of aliphatic hydroxyl groups excluding tert-OH is 1. The van der Waals surface area contributed by atoms with E-state index in [9.17, 15) is 5.11 Å². The maximum Gasteiger partial charge on any atom is 0.109 e. The summed E-state index contributed by atoms with van der Waals surface area (Å²) in [6.45, 7) is 5.98. The van der Waals surface area contributed by atoms with Gasteiger partial charge >= 0.3 is 0 Å². The molecule has 0 fully saturated rings. The molecule has 0 amide bonds. The van der Waals surface area contributed by atoms with Gasteiger partial charge in [0.2, 0.25) is 0 Å². The number of nitrogens with one attached hydrogen (secondary N) is 1. The molecule has 18 heavy (non-hydrogen) atoms. The molecule has 0 radical (unpaired) electrons. The van der Waals surface area contributed by atoms with Gasteiger partial charge in [0.1, 0.15) is 5.82 Å². The molecule has 2 rings (SSSR count). The van der Waals surface area contributed by atoms with E-state index in [1.54, 1.807) is 12.1 Å². The van der Waals surface area contributed by atoms with E-state index in [4.69, 9.17) is 23.2 Å². The highest BCUT2D eigenvalue weighted by Crippen LogP contribution is 2.27. The second kappa shape index (κ2) is 4.72. The van der Waals surface area contributed by atoms with Crippen LogP contribution in [0.4, 0.5) is 0 Å². The van der Waals surface area contributed by atoms with Crippen LogP contribution >= 0.6 is 23.2 Å². The number of imidazole rings is 1. The molecule has 0 aliphatic carbocycles. The van der Waals surface area contributed by atoms with Gasteiger partial charge in [-0.1, -0.05) is 44.0 Å². The van der Waals surface area contributed by atoms with Crippen LogP contribution in [0.3, 0.4) is 0 Å². The third-order valence-electron chi connectivity index (χ3n) is 2.96. The minimum atomic E-state index is -0.455. The molecule has 98 valence electrons. The monoisotopic (exact) mass is 286 g/mol. The zero-order valence-corrected chi connectivity index (χ0v) is 12.1. The van der Waals surface area contributed by atoms with Gasteiger partial charge in [0.05, 0.1) is 27.2 Å². The fraction of sp³-hybridized carbons (Fsp3) is 0.462. The number of aliphatic hydroxyl groups is 1. The molecule has 0 aliphatic rings. The Morgan fingerprint density at radius 3 is 2.50 bits per heavy atom. The maximum absolute atomic E-state index is 10.1. The number of nitrogens with zero attached hydrogens (tertiary/aromatic N) is 1. The third kappa shape index (κ3) is 2.79. The number of H-pyrrole nitrogens is 1. The SMILES string of the molecule is CC(C)(C)[C@@H](O)Cc1nc2cc(Cl)c(Cl)cc2[nH]1. The quantitative estimate of drug-likeness (QED) is 0.882. The average Bonchev–Trinajstić information content (AvgIpc) is 2.59. The Morgan fingerprint density at radius 2 is 1.89 bits per heavy atom. The van der Waals surface area contributed by atoms with Crippen LogP contribution in [0.1, 0.15) is 26.6 Å². The zero-order chi connectivity index (χ0) is 13.5. The van der Waals surface area contributed by atoms with Gasteiger partial charge in [-0.05, 0) is 17.5 Å². The fourth-order valence-electron chi connectivity index (χ4n) is 1.64. The summed E-state index contributed by atoms with van der Waals surface area (Å²) in [5, 5.41) is 11.0. The van der Waals surface area contributed by atoms with Crippen molar-refractivity contribution in [3.63, 3.8) is 0 Å². The number of halogens is 2. The molecule has 1 atom stereocenters. The molecule has 0 bridgehead atoms. The number of hydrogen-bond acceptors (Lipinski definition) is 2. The van der Waals surface area contributed by atoms with Crippen LogP contribution in [0.5, 0.6) is 0 Å². The first-order valence-electron chi connectivity index (χ1n) is 5.79. The number of hydrogen-bond donors (Lipinski definition) is 2. The highest BCUT2D eigenvalue weighted by Gasteiger charge is 2.23. The lowest BCUT2D eigenvalue weighted by molar-refractivity contribution is 0.0621. The number of rotatable bonds is 2. The lowest BCUT2D eigenvalue weighted by atomic mass is 9.87. The summed E-state index contributed by atoms with van der Waals surface area (Å²) in [5.74, 6) is 0.741. The Kier molecular flexibility index (Phi) is 3.58. The summed E-state index contributed by atoms with van der Waals surface area (Å²) in [6.07, 6.45) is 0.0250. The minimum Gasteiger partial charge on any atom is -0.392 e. The van der Waals surface area contributed by atoms with Crippen molar-refractivity contribution in [1.82, 2.24) is 9.97 Å². The second-order valence-corrected chi connectivity index (χ2v) is 6.37. The van der Waals surface area contributed by atoms with E-state index >= 15 is 0 Å². The maximum atomic E-state index is 10.1. The van der Waals surface area contributed by atoms with Crippen LogP contribution in [0.25, 0.3) is 11.0 Å². The number of aromatic amines is 1. The van der Waals surface area contributed by atoms with Crippen LogP contribution in [0, 0.1) is 5.41 Å². The van der Waals surface area contributed by atoms with Crippen molar-refractivity contribution in [2.45, 2.75) is 33.3 Å².